The number of phosphoric ester groups is 3. The molecule has 1 aliphatic rings. The Morgan fingerprint density at radius 1 is 0.487 bits per heavy atom. The Balaban J connectivity index is 3.94. The Hall–Kier alpha value is -1.26. The summed E-state index contributed by atoms with van der Waals surface area (Å²) in [5.41, 5.74) is 0. The third-order valence-electron chi connectivity index (χ3n) is 4.88. The van der Waals surface area contributed by atoms with Crippen LogP contribution in [0.25, 0.3) is 0 Å². The van der Waals surface area contributed by atoms with Crippen molar-refractivity contribution in [3.63, 3.8) is 0 Å². The lowest BCUT2D eigenvalue weighted by atomic mass is 9.84. The zero-order chi connectivity index (χ0) is 30.2. The molecule has 0 saturated heterocycles. The molecule has 0 radical (unpaired) electrons. The summed E-state index contributed by atoms with van der Waals surface area (Å²) in [6, 6.07) is 0. The van der Waals surface area contributed by atoms with Gasteiger partial charge in [-0.1, -0.05) is 20.8 Å². The standard InChI is InChI=1S/C18H33O18P3/c1-4-7-10(19)31-13-14(32-11(20)8-5-2)17(35-38(25,26)27)18(36-39(28,29)30)15(33-12(21)9-6-3)16(13)34-37(22,23)24/h13-18H,4-9H2,1-3H3,(H2,22,23,24)(H2,25,26,27)(H2,28,29,30)/t13-,14+,15+,16-,17-,18-/m0/s1. The first kappa shape index (κ1) is 35.8. The third-order valence-corrected chi connectivity index (χ3v) is 6.44. The zero-order valence-electron chi connectivity index (χ0n) is 21.1. The molecular formula is C18H33O18P3. The minimum atomic E-state index is -5.66. The van der Waals surface area contributed by atoms with Gasteiger partial charge in [0.25, 0.3) is 0 Å². The Morgan fingerprint density at radius 2 is 0.692 bits per heavy atom. The highest BCUT2D eigenvalue weighted by Crippen LogP contribution is 2.51. The molecule has 1 fully saturated rings. The Morgan fingerprint density at radius 3 is 0.897 bits per heavy atom. The highest BCUT2D eigenvalue weighted by Gasteiger charge is 2.62. The molecule has 0 aromatic carbocycles. The second-order valence-corrected chi connectivity index (χ2v) is 11.9. The fourth-order valence-corrected chi connectivity index (χ4v) is 5.28. The summed E-state index contributed by atoms with van der Waals surface area (Å²) in [4.78, 5) is 94.4. The molecule has 0 unspecified atom stereocenters. The van der Waals surface area contributed by atoms with Crippen molar-refractivity contribution in [2.45, 2.75) is 95.9 Å². The van der Waals surface area contributed by atoms with Crippen LogP contribution in [0, 0.1) is 0 Å². The van der Waals surface area contributed by atoms with E-state index in [1.54, 1.807) is 13.8 Å². The van der Waals surface area contributed by atoms with Crippen molar-refractivity contribution >= 4 is 41.4 Å². The van der Waals surface area contributed by atoms with Crippen molar-refractivity contribution in [2.24, 2.45) is 0 Å². The van der Waals surface area contributed by atoms with E-state index >= 15 is 0 Å². The molecule has 0 heterocycles. The fraction of sp³-hybridized carbons (Fsp3) is 0.833. The van der Waals surface area contributed by atoms with Crippen LogP contribution in [0.2, 0.25) is 0 Å². The summed E-state index contributed by atoms with van der Waals surface area (Å²) >= 11 is 0. The Bertz CT molecular complexity index is 984. The minimum absolute atomic E-state index is 0.161. The average molecular weight is 630 g/mol. The van der Waals surface area contributed by atoms with E-state index in [9.17, 15) is 57.4 Å². The summed E-state index contributed by atoms with van der Waals surface area (Å²) in [6.07, 6.45) is -14.5. The van der Waals surface area contributed by atoms with Gasteiger partial charge in [0.2, 0.25) is 0 Å². The van der Waals surface area contributed by atoms with Gasteiger partial charge < -0.3 is 43.6 Å². The summed E-state index contributed by atoms with van der Waals surface area (Å²) in [5, 5.41) is 0. The number of rotatable bonds is 15. The van der Waals surface area contributed by atoms with Gasteiger partial charge >= 0.3 is 41.4 Å². The highest BCUT2D eigenvalue weighted by atomic mass is 31.2. The minimum Gasteiger partial charge on any atom is -0.456 e. The first-order chi connectivity index (χ1) is 17.8. The summed E-state index contributed by atoms with van der Waals surface area (Å²) in [5.74, 6) is -3.29. The molecule has 1 saturated carbocycles. The van der Waals surface area contributed by atoms with Crippen LogP contribution in [-0.2, 0) is 55.9 Å². The van der Waals surface area contributed by atoms with Crippen molar-refractivity contribution in [2.75, 3.05) is 0 Å². The zero-order valence-corrected chi connectivity index (χ0v) is 23.8. The second kappa shape index (κ2) is 15.1. The number of phosphoric acid groups is 3. The van der Waals surface area contributed by atoms with Crippen LogP contribution in [-0.4, -0.2) is 83.9 Å². The van der Waals surface area contributed by atoms with E-state index in [4.69, 9.17) is 18.7 Å². The molecular weight excluding hydrogens is 597 g/mol. The Kier molecular flexibility index (Phi) is 13.9. The number of carbonyl (C=O) groups excluding carboxylic acids is 3. The van der Waals surface area contributed by atoms with E-state index in [0.717, 1.165) is 0 Å². The molecule has 228 valence electrons. The molecule has 39 heavy (non-hydrogen) atoms. The first-order valence-corrected chi connectivity index (χ1v) is 16.2. The maximum absolute atomic E-state index is 12.4. The van der Waals surface area contributed by atoms with E-state index in [0.29, 0.717) is 0 Å². The summed E-state index contributed by atoms with van der Waals surface area (Å²) in [7, 11) is -16.9. The first-order valence-electron chi connectivity index (χ1n) is 11.6. The maximum Gasteiger partial charge on any atom is 0.470 e. The molecule has 0 aromatic heterocycles. The molecule has 0 spiro atoms. The number of ether oxygens (including phenoxy) is 3. The van der Waals surface area contributed by atoms with E-state index in [-0.39, 0.29) is 38.5 Å². The molecule has 1 aliphatic carbocycles. The van der Waals surface area contributed by atoms with Gasteiger partial charge in [-0.3, -0.25) is 28.0 Å². The molecule has 1 rings (SSSR count). The summed E-state index contributed by atoms with van der Waals surface area (Å²) in [6.45, 7) is 4.64. The molecule has 0 aromatic rings. The van der Waals surface area contributed by atoms with Gasteiger partial charge in [-0.25, -0.2) is 13.7 Å². The topological polar surface area (TPSA) is 279 Å². The van der Waals surface area contributed by atoms with Crippen LogP contribution < -0.4 is 0 Å². The number of hydrogen-bond acceptors (Lipinski definition) is 12. The predicted molar refractivity (Wildman–Crippen MR) is 125 cm³/mol. The lowest BCUT2D eigenvalue weighted by Gasteiger charge is -2.47. The van der Waals surface area contributed by atoms with Crippen molar-refractivity contribution in [1.82, 2.24) is 0 Å². The number of esters is 3. The third kappa shape index (κ3) is 12.9. The van der Waals surface area contributed by atoms with Gasteiger partial charge in [0.15, 0.2) is 18.3 Å². The average Bonchev–Trinajstić information content (AvgIpc) is 2.73. The van der Waals surface area contributed by atoms with Crippen molar-refractivity contribution in [1.29, 1.82) is 0 Å². The van der Waals surface area contributed by atoms with E-state index in [1.165, 1.54) is 6.92 Å². The van der Waals surface area contributed by atoms with Gasteiger partial charge in [-0.15, -0.1) is 0 Å². The molecule has 6 N–H and O–H groups in total. The van der Waals surface area contributed by atoms with Crippen molar-refractivity contribution in [3.05, 3.63) is 0 Å². The van der Waals surface area contributed by atoms with E-state index < -0.39 is 78.0 Å². The fourth-order valence-electron chi connectivity index (χ4n) is 3.60. The highest BCUT2D eigenvalue weighted by molar-refractivity contribution is 7.46. The SMILES string of the molecule is CCCC(=O)O[C@@H]1[C@H](OC(=O)CCC)[C@H](OP(=O)(O)O)[C@@H](OC(=O)CCC)[C@H](OP(=O)(O)O)[C@H]1OP(=O)(O)O. The smallest absolute Gasteiger partial charge is 0.456 e. The number of hydrogen-bond donors (Lipinski definition) is 6. The van der Waals surface area contributed by atoms with Crippen LogP contribution in [0.4, 0.5) is 0 Å². The second-order valence-electron chi connectivity index (χ2n) is 8.30. The van der Waals surface area contributed by atoms with E-state index in [1.807, 2.05) is 0 Å². The van der Waals surface area contributed by atoms with Crippen LogP contribution in [0.3, 0.4) is 0 Å². The normalized spacial score (nSPS) is 26.1. The van der Waals surface area contributed by atoms with Crippen LogP contribution >= 0.6 is 23.5 Å². The van der Waals surface area contributed by atoms with Crippen molar-refractivity contribution in [3.8, 4) is 0 Å². The molecule has 0 bridgehead atoms. The molecule has 0 aliphatic heterocycles. The van der Waals surface area contributed by atoms with Crippen LogP contribution in [0.5, 0.6) is 0 Å². The van der Waals surface area contributed by atoms with Gasteiger partial charge in [-0.05, 0) is 19.3 Å². The van der Waals surface area contributed by atoms with Crippen molar-refractivity contribution < 1.29 is 85.2 Å². The largest absolute Gasteiger partial charge is 0.470 e. The van der Waals surface area contributed by atoms with Gasteiger partial charge in [0.1, 0.15) is 18.3 Å². The molecule has 0 amide bonds. The number of carbonyl (C=O) groups is 3. The molecule has 21 heteroatoms. The van der Waals surface area contributed by atoms with Gasteiger partial charge in [0, 0.05) is 19.3 Å². The monoisotopic (exact) mass is 630 g/mol. The lowest BCUT2D eigenvalue weighted by Crippen LogP contribution is -2.67. The predicted octanol–water partition coefficient (Wildman–Crippen LogP) is 0.569. The van der Waals surface area contributed by atoms with Crippen LogP contribution in [0.1, 0.15) is 59.3 Å². The molecule has 18 nitrogen and oxygen atoms in total. The Labute approximate surface area is 223 Å². The lowest BCUT2D eigenvalue weighted by molar-refractivity contribution is -0.240. The quantitative estimate of drug-likeness (QED) is 0.0819. The summed E-state index contributed by atoms with van der Waals surface area (Å²) < 4.78 is 65.0. The maximum atomic E-state index is 12.4. The van der Waals surface area contributed by atoms with Gasteiger partial charge in [-0.2, -0.15) is 0 Å². The van der Waals surface area contributed by atoms with E-state index in [2.05, 4.69) is 9.05 Å². The van der Waals surface area contributed by atoms with Crippen LogP contribution in [0.15, 0.2) is 0 Å². The van der Waals surface area contributed by atoms with Gasteiger partial charge in [0.05, 0.1) is 0 Å². The molecule has 6 atom stereocenters.